The normalized spacial score (nSPS) is 20.6. The topological polar surface area (TPSA) is 86.6 Å². The quantitative estimate of drug-likeness (QED) is 0.669. The van der Waals surface area contributed by atoms with Crippen LogP contribution in [-0.4, -0.2) is 34.2 Å². The van der Waals surface area contributed by atoms with E-state index in [1.165, 1.54) is 13.3 Å². The van der Waals surface area contributed by atoms with E-state index in [1.807, 2.05) is 0 Å². The predicted molar refractivity (Wildman–Crippen MR) is 62.4 cm³/mol. The molecule has 1 saturated carbocycles. The van der Waals surface area contributed by atoms with Crippen molar-refractivity contribution in [3.8, 4) is 0 Å². The molecule has 0 spiro atoms. The van der Waals surface area contributed by atoms with Gasteiger partial charge in [-0.1, -0.05) is 19.3 Å². The number of carbonyl (C=O) groups excluding carboxylic acids is 1. The number of rotatable bonds is 5. The van der Waals surface area contributed by atoms with Crippen LogP contribution in [0.2, 0.25) is 0 Å². The van der Waals surface area contributed by atoms with Crippen molar-refractivity contribution < 1.29 is 19.8 Å². The fraction of sp³-hybridized carbons (Fsp3) is 0.833. The Balaban J connectivity index is 2.38. The van der Waals surface area contributed by atoms with E-state index in [-0.39, 0.29) is 5.91 Å². The van der Waals surface area contributed by atoms with Gasteiger partial charge < -0.3 is 15.5 Å². The van der Waals surface area contributed by atoms with Gasteiger partial charge in [0, 0.05) is 6.42 Å². The highest BCUT2D eigenvalue weighted by molar-refractivity contribution is 5.84. The Kier molecular flexibility index (Phi) is 5.41. The lowest BCUT2D eigenvalue weighted by Gasteiger charge is -2.22. The van der Waals surface area contributed by atoms with Crippen LogP contribution in [0, 0.1) is 5.92 Å². The van der Waals surface area contributed by atoms with Crippen LogP contribution in [0.5, 0.6) is 0 Å². The second kappa shape index (κ2) is 6.59. The van der Waals surface area contributed by atoms with Gasteiger partial charge >= 0.3 is 5.97 Å². The van der Waals surface area contributed by atoms with Crippen molar-refractivity contribution in [2.24, 2.45) is 5.92 Å². The van der Waals surface area contributed by atoms with E-state index in [2.05, 4.69) is 5.32 Å². The summed E-state index contributed by atoms with van der Waals surface area (Å²) in [5.74, 6) is -1.10. The van der Waals surface area contributed by atoms with Crippen molar-refractivity contribution in [2.45, 2.75) is 57.6 Å². The first-order chi connectivity index (χ1) is 8.00. The summed E-state index contributed by atoms with van der Waals surface area (Å²) in [4.78, 5) is 22.4. The Labute approximate surface area is 101 Å². The van der Waals surface area contributed by atoms with Crippen LogP contribution in [0.25, 0.3) is 0 Å². The van der Waals surface area contributed by atoms with E-state index in [0.29, 0.717) is 12.3 Å². The molecule has 0 bridgehead atoms. The summed E-state index contributed by atoms with van der Waals surface area (Å²) in [6, 6.07) is -1.20. The summed E-state index contributed by atoms with van der Waals surface area (Å²) in [5.41, 5.74) is 0. The second-order valence-corrected chi connectivity index (χ2v) is 4.83. The first-order valence-corrected chi connectivity index (χ1v) is 6.21. The molecule has 1 aliphatic rings. The van der Waals surface area contributed by atoms with Gasteiger partial charge in [-0.05, 0) is 25.7 Å². The molecular weight excluding hydrogens is 222 g/mol. The number of carbonyl (C=O) groups is 2. The molecule has 0 heterocycles. The van der Waals surface area contributed by atoms with E-state index >= 15 is 0 Å². The van der Waals surface area contributed by atoms with Gasteiger partial charge in [-0.3, -0.25) is 4.79 Å². The van der Waals surface area contributed by atoms with Gasteiger partial charge in [0.15, 0.2) is 6.04 Å². The van der Waals surface area contributed by atoms with Crippen LogP contribution >= 0.6 is 0 Å². The zero-order valence-electron chi connectivity index (χ0n) is 10.2. The number of carboxylic acid groups (broad SMARTS) is 1. The number of amides is 1. The van der Waals surface area contributed by atoms with Crippen LogP contribution in [0.4, 0.5) is 0 Å². The van der Waals surface area contributed by atoms with Crippen molar-refractivity contribution in [3.05, 3.63) is 0 Å². The average molecular weight is 243 g/mol. The Hall–Kier alpha value is -1.10. The molecule has 2 unspecified atom stereocenters. The highest BCUT2D eigenvalue weighted by Crippen LogP contribution is 2.26. The van der Waals surface area contributed by atoms with E-state index < -0.39 is 18.1 Å². The average Bonchev–Trinajstić information content (AvgIpc) is 2.26. The van der Waals surface area contributed by atoms with E-state index in [1.54, 1.807) is 0 Å². The lowest BCUT2D eigenvalue weighted by atomic mass is 9.87. The molecule has 17 heavy (non-hydrogen) atoms. The molecule has 0 aromatic rings. The van der Waals surface area contributed by atoms with Crippen molar-refractivity contribution >= 4 is 11.9 Å². The molecule has 1 amide bonds. The summed E-state index contributed by atoms with van der Waals surface area (Å²) in [6.45, 7) is 1.36. The molecule has 0 aliphatic heterocycles. The van der Waals surface area contributed by atoms with Gasteiger partial charge in [-0.15, -0.1) is 0 Å². The van der Waals surface area contributed by atoms with Gasteiger partial charge in [0.2, 0.25) is 5.91 Å². The maximum absolute atomic E-state index is 11.6. The zero-order chi connectivity index (χ0) is 12.8. The number of hydrogen-bond acceptors (Lipinski definition) is 3. The van der Waals surface area contributed by atoms with Crippen LogP contribution < -0.4 is 5.32 Å². The highest BCUT2D eigenvalue weighted by atomic mass is 16.4. The van der Waals surface area contributed by atoms with Crippen molar-refractivity contribution in [2.75, 3.05) is 0 Å². The van der Waals surface area contributed by atoms with E-state index in [4.69, 9.17) is 5.11 Å². The van der Waals surface area contributed by atoms with Crippen LogP contribution in [-0.2, 0) is 9.59 Å². The minimum absolute atomic E-state index is 0.273. The fourth-order valence-corrected chi connectivity index (χ4v) is 2.27. The fourth-order valence-electron chi connectivity index (χ4n) is 2.27. The molecule has 5 nitrogen and oxygen atoms in total. The molecule has 1 aliphatic carbocycles. The van der Waals surface area contributed by atoms with Crippen LogP contribution in [0.15, 0.2) is 0 Å². The third-order valence-electron chi connectivity index (χ3n) is 3.26. The largest absolute Gasteiger partial charge is 0.480 e. The minimum atomic E-state index is -1.20. The molecule has 0 aromatic heterocycles. The number of aliphatic hydroxyl groups is 1. The third-order valence-corrected chi connectivity index (χ3v) is 3.26. The van der Waals surface area contributed by atoms with Crippen LogP contribution in [0.3, 0.4) is 0 Å². The molecule has 1 fully saturated rings. The molecule has 0 saturated heterocycles. The van der Waals surface area contributed by atoms with Gasteiger partial charge in [0.05, 0.1) is 6.10 Å². The first-order valence-electron chi connectivity index (χ1n) is 6.21. The van der Waals surface area contributed by atoms with Crippen molar-refractivity contribution in [1.29, 1.82) is 0 Å². The number of aliphatic hydroxyl groups excluding tert-OH is 1. The van der Waals surface area contributed by atoms with E-state index in [0.717, 1.165) is 25.7 Å². The molecule has 0 aromatic carbocycles. The van der Waals surface area contributed by atoms with Gasteiger partial charge in [0.25, 0.3) is 0 Å². The van der Waals surface area contributed by atoms with Crippen molar-refractivity contribution in [3.63, 3.8) is 0 Å². The first kappa shape index (κ1) is 14.0. The lowest BCUT2D eigenvalue weighted by molar-refractivity contribution is -0.145. The maximum Gasteiger partial charge on any atom is 0.328 e. The number of carboxylic acids is 1. The molecule has 2 atom stereocenters. The maximum atomic E-state index is 11.6. The summed E-state index contributed by atoms with van der Waals surface area (Å²) in [5, 5.41) is 20.4. The third kappa shape index (κ3) is 4.73. The van der Waals surface area contributed by atoms with Crippen LogP contribution in [0.1, 0.15) is 45.4 Å². The molecular formula is C12H21NO4. The van der Waals surface area contributed by atoms with Gasteiger partial charge in [-0.25, -0.2) is 4.79 Å². The minimum Gasteiger partial charge on any atom is -0.480 e. The Bertz CT molecular complexity index is 272. The number of nitrogens with one attached hydrogen (secondary N) is 1. The summed E-state index contributed by atoms with van der Waals surface area (Å²) in [6.07, 6.45) is 4.90. The highest BCUT2D eigenvalue weighted by Gasteiger charge is 2.26. The lowest BCUT2D eigenvalue weighted by Crippen LogP contribution is -2.48. The molecule has 1 rings (SSSR count). The summed E-state index contributed by atoms with van der Waals surface area (Å²) >= 11 is 0. The Morgan fingerprint density at radius 2 is 1.88 bits per heavy atom. The second-order valence-electron chi connectivity index (χ2n) is 4.83. The van der Waals surface area contributed by atoms with Gasteiger partial charge in [0.1, 0.15) is 0 Å². The van der Waals surface area contributed by atoms with Crippen molar-refractivity contribution in [1.82, 2.24) is 5.32 Å². The molecule has 0 radical (unpaired) electrons. The standard InChI is InChI=1S/C12H21NO4/c1-8(14)11(12(16)17)13-10(15)7-9-5-3-2-4-6-9/h8-9,11,14H,2-7H2,1H3,(H,13,15)(H,16,17). The molecule has 98 valence electrons. The molecule has 5 heteroatoms. The monoisotopic (exact) mass is 243 g/mol. The smallest absolute Gasteiger partial charge is 0.328 e. The Morgan fingerprint density at radius 1 is 1.29 bits per heavy atom. The number of aliphatic carboxylic acids is 1. The summed E-state index contributed by atoms with van der Waals surface area (Å²) in [7, 11) is 0. The zero-order valence-corrected chi connectivity index (χ0v) is 10.2. The van der Waals surface area contributed by atoms with Gasteiger partial charge in [-0.2, -0.15) is 0 Å². The van der Waals surface area contributed by atoms with E-state index in [9.17, 15) is 14.7 Å². The Morgan fingerprint density at radius 3 is 2.35 bits per heavy atom. The predicted octanol–water partition coefficient (Wildman–Crippen LogP) is 0.907. The summed E-state index contributed by atoms with van der Waals surface area (Å²) < 4.78 is 0. The number of hydrogen-bond donors (Lipinski definition) is 3. The molecule has 3 N–H and O–H groups in total. The SMILES string of the molecule is CC(O)C(NC(=O)CC1CCCCC1)C(=O)O.